The van der Waals surface area contributed by atoms with Gasteiger partial charge in [-0.3, -0.25) is 14.5 Å². The van der Waals surface area contributed by atoms with E-state index in [1.165, 1.54) is 12.0 Å². The molecule has 0 saturated carbocycles. The Morgan fingerprint density at radius 2 is 1.89 bits per heavy atom. The molecule has 0 spiro atoms. The molecular weight excluding hydrogens is 436 g/mol. The third-order valence-corrected chi connectivity index (χ3v) is 5.87. The highest BCUT2D eigenvalue weighted by atomic mass is 79.9. The van der Waals surface area contributed by atoms with E-state index in [4.69, 9.17) is 4.74 Å². The molecule has 0 aliphatic heterocycles. The van der Waals surface area contributed by atoms with E-state index in [1.54, 1.807) is 0 Å². The van der Waals surface area contributed by atoms with Gasteiger partial charge < -0.3 is 9.64 Å². The number of nitrogens with zero attached hydrogens (tertiary/aromatic N) is 2. The molecule has 0 N–H and O–H groups in total. The van der Waals surface area contributed by atoms with Crippen LogP contribution >= 0.6 is 15.9 Å². The number of ether oxygens (including phenoxy) is 1. The number of likely N-dealkylation sites (N-methyl/N-ethyl adjacent to an activating group) is 1. The van der Waals surface area contributed by atoms with E-state index in [9.17, 15) is 9.59 Å². The van der Waals surface area contributed by atoms with E-state index < -0.39 is 14.0 Å². The molecule has 7 heteroatoms. The number of methoxy groups -OCH3 is 1. The summed E-state index contributed by atoms with van der Waals surface area (Å²) in [6, 6.07) is 7.62. The van der Waals surface area contributed by atoms with Crippen molar-refractivity contribution in [3.63, 3.8) is 0 Å². The van der Waals surface area contributed by atoms with Crippen molar-refractivity contribution in [2.24, 2.45) is 0 Å². The molecule has 0 fully saturated rings. The quantitative estimate of drug-likeness (QED) is 0.334. The minimum absolute atomic E-state index is 0.0882. The smallest absolute Gasteiger partial charge is 0.325 e. The number of halogens is 1. The van der Waals surface area contributed by atoms with Crippen molar-refractivity contribution in [1.29, 1.82) is 0 Å². The maximum absolute atomic E-state index is 13.2. The number of amides is 1. The summed E-state index contributed by atoms with van der Waals surface area (Å²) in [5, 5.41) is 0. The van der Waals surface area contributed by atoms with Crippen molar-refractivity contribution in [3.05, 3.63) is 34.3 Å². The van der Waals surface area contributed by atoms with Gasteiger partial charge in [-0.1, -0.05) is 66.6 Å². The van der Waals surface area contributed by atoms with Crippen molar-refractivity contribution < 1.29 is 14.3 Å². The first kappa shape index (κ1) is 24.4. The Bertz CT molecular complexity index is 737. The van der Waals surface area contributed by atoms with Crippen LogP contribution in [0, 0.1) is 11.5 Å². The number of hydrogen-bond donors (Lipinski definition) is 0. The summed E-state index contributed by atoms with van der Waals surface area (Å²) in [4.78, 5) is 28.6. The van der Waals surface area contributed by atoms with Gasteiger partial charge in [0, 0.05) is 11.0 Å². The Labute approximate surface area is 178 Å². The Hall–Kier alpha value is -1.62. The van der Waals surface area contributed by atoms with Gasteiger partial charge in [0.2, 0.25) is 5.91 Å². The average Bonchev–Trinajstić information content (AvgIpc) is 2.62. The minimum atomic E-state index is -1.55. The van der Waals surface area contributed by atoms with Crippen molar-refractivity contribution in [1.82, 2.24) is 9.80 Å². The van der Waals surface area contributed by atoms with Gasteiger partial charge in [0.05, 0.1) is 19.7 Å². The van der Waals surface area contributed by atoms with Crippen LogP contribution in [0.5, 0.6) is 0 Å². The molecule has 1 aromatic rings. The van der Waals surface area contributed by atoms with E-state index in [1.807, 2.05) is 43.1 Å². The lowest BCUT2D eigenvalue weighted by Crippen LogP contribution is -2.48. The van der Waals surface area contributed by atoms with Gasteiger partial charge in [0.1, 0.15) is 14.6 Å². The van der Waals surface area contributed by atoms with Gasteiger partial charge in [0.25, 0.3) is 0 Å². The molecule has 0 bridgehead atoms. The predicted octanol–water partition coefficient (Wildman–Crippen LogP) is 3.54. The second-order valence-electron chi connectivity index (χ2n) is 7.75. The Morgan fingerprint density at radius 1 is 1.25 bits per heavy atom. The molecule has 28 heavy (non-hydrogen) atoms. The topological polar surface area (TPSA) is 49.9 Å². The normalized spacial score (nSPS) is 12.1. The summed E-state index contributed by atoms with van der Waals surface area (Å²) in [7, 11) is 1.70. The first-order chi connectivity index (χ1) is 13.1. The molecule has 1 aromatic carbocycles. The van der Waals surface area contributed by atoms with Gasteiger partial charge >= 0.3 is 5.97 Å². The second-order valence-corrected chi connectivity index (χ2v) is 13.4. The van der Waals surface area contributed by atoms with E-state index >= 15 is 0 Å². The van der Waals surface area contributed by atoms with Gasteiger partial charge in [-0.2, -0.15) is 0 Å². The molecule has 1 amide bonds. The zero-order chi connectivity index (χ0) is 21.3. The predicted molar refractivity (Wildman–Crippen MR) is 119 cm³/mol. The van der Waals surface area contributed by atoms with Crippen LogP contribution in [0.1, 0.15) is 18.9 Å². The summed E-state index contributed by atoms with van der Waals surface area (Å²) < 4.78 is 5.78. The fourth-order valence-electron chi connectivity index (χ4n) is 2.72. The SMILES string of the molecule is CC[C@@H](C(=O)N(CC#C[Si](C)(C)C)CC(=O)OC)N(C)Cc1ccccc1Br. The van der Waals surface area contributed by atoms with E-state index in [-0.39, 0.29) is 25.0 Å². The Morgan fingerprint density at radius 3 is 2.43 bits per heavy atom. The van der Waals surface area contributed by atoms with E-state index in [0.717, 1.165) is 10.0 Å². The lowest BCUT2D eigenvalue weighted by atomic mass is 10.1. The maximum Gasteiger partial charge on any atom is 0.325 e. The second kappa shape index (κ2) is 11.4. The fourth-order valence-corrected chi connectivity index (χ4v) is 3.74. The van der Waals surface area contributed by atoms with E-state index in [2.05, 4.69) is 47.0 Å². The van der Waals surface area contributed by atoms with Crippen molar-refractivity contribution in [2.75, 3.05) is 27.2 Å². The standard InChI is InChI=1S/C21H31BrN2O3Si/c1-7-19(23(2)15-17-11-8-9-12-18(17)22)21(26)24(16-20(25)27-3)13-10-14-28(4,5)6/h8-9,11-12,19H,7,13,15-16H2,1-6H3/t19-/m0/s1. The summed E-state index contributed by atoms with van der Waals surface area (Å²) in [6.45, 7) is 9.18. The molecule has 0 aliphatic rings. The van der Waals surface area contributed by atoms with E-state index in [0.29, 0.717) is 13.0 Å². The molecule has 5 nitrogen and oxygen atoms in total. The van der Waals surface area contributed by atoms with Gasteiger partial charge in [-0.25, -0.2) is 0 Å². The maximum atomic E-state index is 13.2. The van der Waals surface area contributed by atoms with Crippen LogP contribution in [0.2, 0.25) is 19.6 Å². The van der Waals surface area contributed by atoms with Crippen LogP contribution in [0.15, 0.2) is 28.7 Å². The molecule has 154 valence electrons. The summed E-state index contributed by atoms with van der Waals surface area (Å²) in [5.41, 5.74) is 4.36. The highest BCUT2D eigenvalue weighted by Gasteiger charge is 2.28. The molecule has 1 atom stereocenters. The van der Waals surface area contributed by atoms with Crippen molar-refractivity contribution in [3.8, 4) is 11.5 Å². The molecule has 0 unspecified atom stereocenters. The molecule has 0 saturated heterocycles. The van der Waals surface area contributed by atoms with Gasteiger partial charge in [0.15, 0.2) is 0 Å². The number of benzene rings is 1. The number of esters is 1. The van der Waals surface area contributed by atoms with Crippen LogP contribution in [0.3, 0.4) is 0 Å². The lowest BCUT2D eigenvalue weighted by molar-refractivity contribution is -0.148. The first-order valence-corrected chi connectivity index (χ1v) is 13.7. The third kappa shape index (κ3) is 8.17. The number of carbonyl (C=O) groups excluding carboxylic acids is 2. The number of rotatable bonds is 8. The van der Waals surface area contributed by atoms with Crippen molar-refractivity contribution >= 4 is 35.9 Å². The lowest BCUT2D eigenvalue weighted by Gasteiger charge is -2.31. The number of carbonyl (C=O) groups is 2. The van der Waals surface area contributed by atoms with Gasteiger partial charge in [-0.15, -0.1) is 5.54 Å². The fraction of sp³-hybridized carbons (Fsp3) is 0.524. The average molecular weight is 467 g/mol. The van der Waals surface area contributed by atoms with Gasteiger partial charge in [-0.05, 0) is 25.1 Å². The van der Waals surface area contributed by atoms with Crippen molar-refractivity contribution in [2.45, 2.75) is 45.6 Å². The third-order valence-electron chi connectivity index (χ3n) is 4.17. The monoisotopic (exact) mass is 466 g/mol. The largest absolute Gasteiger partial charge is 0.468 e. The molecule has 0 aromatic heterocycles. The van der Waals surface area contributed by atoms with Crippen LogP contribution in [0.4, 0.5) is 0 Å². The molecule has 0 heterocycles. The summed E-state index contributed by atoms with van der Waals surface area (Å²) in [6.07, 6.45) is 0.638. The van der Waals surface area contributed by atoms with Crippen LogP contribution in [0.25, 0.3) is 0 Å². The molecule has 1 rings (SSSR count). The minimum Gasteiger partial charge on any atom is -0.468 e. The molecular formula is C21H31BrN2O3Si. The molecule has 0 radical (unpaired) electrons. The van der Waals surface area contributed by atoms with Crippen LogP contribution in [-0.2, 0) is 20.9 Å². The number of hydrogen-bond acceptors (Lipinski definition) is 4. The summed E-state index contributed by atoms with van der Waals surface area (Å²) in [5.74, 6) is 2.55. The Balaban J connectivity index is 2.98. The van der Waals surface area contributed by atoms with Crippen LogP contribution in [-0.4, -0.2) is 63.0 Å². The highest BCUT2D eigenvalue weighted by molar-refractivity contribution is 9.10. The van der Waals surface area contributed by atoms with Crippen LogP contribution < -0.4 is 0 Å². The zero-order valence-electron chi connectivity index (χ0n) is 17.7. The highest BCUT2D eigenvalue weighted by Crippen LogP contribution is 2.19. The zero-order valence-corrected chi connectivity index (χ0v) is 20.3. The molecule has 0 aliphatic carbocycles. The first-order valence-electron chi connectivity index (χ1n) is 9.38. The Kier molecular flexibility index (Phi) is 9.94. The summed E-state index contributed by atoms with van der Waals surface area (Å²) >= 11 is 3.56.